The average Bonchev–Trinajstić information content (AvgIpc) is 3.35. The van der Waals surface area contributed by atoms with Crippen molar-refractivity contribution in [3.05, 3.63) is 39.7 Å². The maximum absolute atomic E-state index is 13.7. The zero-order valence-electron chi connectivity index (χ0n) is 24.3. The Morgan fingerprint density at radius 1 is 1.19 bits per heavy atom. The Hall–Kier alpha value is -2.88. The van der Waals surface area contributed by atoms with Crippen LogP contribution in [0.3, 0.4) is 0 Å². The molecule has 3 aromatic rings. The van der Waals surface area contributed by atoms with E-state index in [1.807, 2.05) is 19.0 Å². The van der Waals surface area contributed by atoms with Crippen molar-refractivity contribution in [1.29, 1.82) is 0 Å². The maximum atomic E-state index is 13.7. The minimum atomic E-state index is -4.20. The van der Waals surface area contributed by atoms with Gasteiger partial charge in [0.1, 0.15) is 5.69 Å². The maximum Gasteiger partial charge on any atom is 0.299 e. The van der Waals surface area contributed by atoms with Crippen LogP contribution < -0.4 is 4.72 Å². The van der Waals surface area contributed by atoms with Gasteiger partial charge in [-0.25, -0.2) is 32.2 Å². The lowest BCUT2D eigenvalue weighted by Gasteiger charge is -2.33. The molecule has 1 saturated carbocycles. The normalized spacial score (nSPS) is 17.9. The lowest BCUT2D eigenvalue weighted by atomic mass is 9.92. The summed E-state index contributed by atoms with van der Waals surface area (Å²) in [6.07, 6.45) is -1.74. The lowest BCUT2D eigenvalue weighted by molar-refractivity contribution is 0.150. The van der Waals surface area contributed by atoms with Crippen LogP contribution in [0.25, 0.3) is 32.0 Å². The number of benzene rings is 1. The molecule has 0 spiro atoms. The summed E-state index contributed by atoms with van der Waals surface area (Å²) in [5, 5.41) is 11.4. The van der Waals surface area contributed by atoms with Crippen LogP contribution in [0.15, 0.2) is 22.6 Å². The monoisotopic (exact) mass is 654 g/mol. The third kappa shape index (κ3) is 5.96. The molecule has 0 saturated heterocycles. The molecular weight excluding hydrogens is 623 g/mol. The van der Waals surface area contributed by atoms with E-state index in [9.17, 15) is 25.6 Å². The third-order valence-electron chi connectivity index (χ3n) is 7.51. The van der Waals surface area contributed by atoms with Crippen molar-refractivity contribution in [2.45, 2.75) is 55.3 Å². The van der Waals surface area contributed by atoms with Crippen LogP contribution in [0.5, 0.6) is 0 Å². The number of halogens is 2. The van der Waals surface area contributed by atoms with Crippen LogP contribution in [-0.2, 0) is 27.1 Å². The average molecular weight is 655 g/mol. The van der Waals surface area contributed by atoms with Gasteiger partial charge in [0, 0.05) is 37.6 Å². The summed E-state index contributed by atoms with van der Waals surface area (Å²) >= 11 is 0.670. The molecule has 2 aromatic heterocycles. The Kier molecular flexibility index (Phi) is 8.24. The summed E-state index contributed by atoms with van der Waals surface area (Å²) in [5.41, 5.74) is 1.65. The quantitative estimate of drug-likeness (QED) is 0.329. The molecule has 3 heterocycles. The molecule has 17 heteroatoms. The number of aromatic nitrogens is 4. The van der Waals surface area contributed by atoms with Gasteiger partial charge in [0.15, 0.2) is 10.0 Å². The Morgan fingerprint density at radius 3 is 2.44 bits per heavy atom. The van der Waals surface area contributed by atoms with Gasteiger partial charge in [-0.1, -0.05) is 11.3 Å². The second-order valence-electron chi connectivity index (χ2n) is 11.3. The summed E-state index contributed by atoms with van der Waals surface area (Å²) in [6.45, 7) is 11.5. The minimum absolute atomic E-state index is 0.106. The molecule has 0 amide bonds. The van der Waals surface area contributed by atoms with Crippen molar-refractivity contribution in [1.82, 2.24) is 33.9 Å². The third-order valence-corrected chi connectivity index (χ3v) is 12.2. The van der Waals surface area contributed by atoms with Crippen LogP contribution in [0.1, 0.15) is 50.1 Å². The van der Waals surface area contributed by atoms with Gasteiger partial charge in [0.25, 0.3) is 12.1 Å². The Bertz CT molecular complexity index is 1870. The number of sulfonamides is 2. The van der Waals surface area contributed by atoms with Crippen LogP contribution >= 0.6 is 11.3 Å². The van der Waals surface area contributed by atoms with E-state index in [-0.39, 0.29) is 28.7 Å². The first kappa shape index (κ1) is 31.5. The highest BCUT2D eigenvalue weighted by Gasteiger charge is 2.54. The fourth-order valence-corrected chi connectivity index (χ4v) is 8.57. The van der Waals surface area contributed by atoms with Crippen LogP contribution in [0.4, 0.5) is 8.78 Å². The molecule has 1 aliphatic heterocycles. The van der Waals surface area contributed by atoms with Gasteiger partial charge in [-0.3, -0.25) is 9.53 Å². The van der Waals surface area contributed by atoms with Crippen molar-refractivity contribution in [2.75, 3.05) is 33.7 Å². The van der Waals surface area contributed by atoms with Crippen molar-refractivity contribution in [2.24, 2.45) is 7.05 Å². The van der Waals surface area contributed by atoms with E-state index in [1.165, 1.54) is 16.4 Å². The Labute approximate surface area is 253 Å². The smallest absolute Gasteiger partial charge is 0.299 e. The second-order valence-corrected chi connectivity index (χ2v) is 16.5. The topological polar surface area (TPSA) is 135 Å². The van der Waals surface area contributed by atoms with E-state index in [2.05, 4.69) is 24.9 Å². The number of nitrogens with zero attached hydrogens (tertiary/aromatic N) is 7. The number of rotatable bonds is 10. The lowest BCUT2D eigenvalue weighted by Crippen LogP contribution is -2.42. The van der Waals surface area contributed by atoms with Gasteiger partial charge in [-0.05, 0) is 57.6 Å². The zero-order chi connectivity index (χ0) is 31.5. The van der Waals surface area contributed by atoms with Gasteiger partial charge >= 0.3 is 0 Å². The number of hydrogen-bond acceptors (Lipinski definition) is 9. The molecule has 1 fully saturated rings. The highest BCUT2D eigenvalue weighted by Crippen LogP contribution is 2.42. The number of likely N-dealkylation sites (N-methyl/N-ethyl adjacent to an activating group) is 1. The predicted octanol–water partition coefficient (Wildman–Crippen LogP) is 3.48. The molecule has 0 bridgehead atoms. The van der Waals surface area contributed by atoms with Gasteiger partial charge < -0.3 is 4.90 Å². The highest BCUT2D eigenvalue weighted by molar-refractivity contribution is 7.89. The van der Waals surface area contributed by atoms with Crippen molar-refractivity contribution >= 4 is 47.9 Å². The molecular formula is C26H32F2N8O4S3. The van der Waals surface area contributed by atoms with E-state index < -0.39 is 42.4 Å². The van der Waals surface area contributed by atoms with E-state index in [4.69, 9.17) is 6.57 Å². The predicted molar refractivity (Wildman–Crippen MR) is 159 cm³/mol. The van der Waals surface area contributed by atoms with Crippen LogP contribution in [-0.4, -0.2) is 90.7 Å². The van der Waals surface area contributed by atoms with Gasteiger partial charge in [0.2, 0.25) is 20.0 Å². The number of hydrogen-bond donors (Lipinski definition) is 1. The van der Waals surface area contributed by atoms with Crippen LogP contribution in [0.2, 0.25) is 0 Å². The summed E-state index contributed by atoms with van der Waals surface area (Å²) in [5.74, 6) is 0. The van der Waals surface area contributed by atoms with Crippen LogP contribution in [0, 0.1) is 6.57 Å². The fraction of sp³-hybridized carbons (Fsp3) is 0.538. The summed E-state index contributed by atoms with van der Waals surface area (Å²) < 4.78 is 85.8. The van der Waals surface area contributed by atoms with E-state index >= 15 is 0 Å². The molecule has 1 aromatic carbocycles. The molecule has 0 unspecified atom stereocenters. The molecule has 1 N–H and O–H groups in total. The molecule has 232 valence electrons. The largest absolute Gasteiger partial charge is 0.305 e. The van der Waals surface area contributed by atoms with E-state index in [1.54, 1.807) is 25.6 Å². The van der Waals surface area contributed by atoms with Crippen molar-refractivity contribution < 1.29 is 25.6 Å². The number of fused-ring (bicyclic) bond motifs is 1. The molecule has 2 aliphatic rings. The SMILES string of the molecule is [C-]#[N+]C1(NS(=O)(=O)c2cc(C3=C(CN(C)C)CN(S(=O)(=O)C(C)C)CC3)c3c(c2)c(-c2nnc(C(F)F)s2)nn3C)CC1. The first-order chi connectivity index (χ1) is 20.1. The van der Waals surface area contributed by atoms with Gasteiger partial charge in [-0.15, -0.1) is 14.9 Å². The van der Waals surface area contributed by atoms with E-state index in [0.29, 0.717) is 53.6 Å². The number of aryl methyl sites for hydroxylation is 1. The molecule has 1 aliphatic carbocycles. The first-order valence-electron chi connectivity index (χ1n) is 13.5. The molecule has 43 heavy (non-hydrogen) atoms. The van der Waals surface area contributed by atoms with Gasteiger partial charge in [-0.2, -0.15) is 9.40 Å². The summed E-state index contributed by atoms with van der Waals surface area (Å²) in [4.78, 5) is 5.27. The summed E-state index contributed by atoms with van der Waals surface area (Å²) in [6, 6.07) is 2.94. The standard InChI is InChI=1S/C26H32F2N8O4S3/c1-15(2)43(39,40)36-10-7-18(16(14-36)13-34(4)5)19-11-17(42(37,38)33-26(29-3)8-9-26)12-20-21(32-35(6)22(19)20)24-30-31-25(41-24)23(27)28/h11-12,15,23,33H,7-10,13-14H2,1-2,4-6H3. The Balaban J connectivity index is 1.76. The van der Waals surface area contributed by atoms with E-state index in [0.717, 1.165) is 11.1 Å². The summed E-state index contributed by atoms with van der Waals surface area (Å²) in [7, 11) is -2.37. The number of alkyl halides is 2. The zero-order valence-corrected chi connectivity index (χ0v) is 26.7. The molecule has 12 nitrogen and oxygen atoms in total. The van der Waals surface area contributed by atoms with Gasteiger partial charge in [0.05, 0.1) is 28.5 Å². The highest BCUT2D eigenvalue weighted by atomic mass is 32.2. The van der Waals surface area contributed by atoms with Crippen molar-refractivity contribution in [3.8, 4) is 10.7 Å². The molecule has 0 atom stereocenters. The molecule has 0 radical (unpaired) electrons. The second kappa shape index (κ2) is 11.2. The minimum Gasteiger partial charge on any atom is -0.305 e. The van der Waals surface area contributed by atoms with Crippen molar-refractivity contribution in [3.63, 3.8) is 0 Å². The molecule has 5 rings (SSSR count). The fourth-order valence-electron chi connectivity index (χ4n) is 5.19. The number of nitrogens with one attached hydrogen (secondary N) is 1. The Morgan fingerprint density at radius 2 is 1.88 bits per heavy atom. The first-order valence-corrected chi connectivity index (χ1v) is 17.3.